The molecule has 2 saturated heterocycles. The summed E-state index contributed by atoms with van der Waals surface area (Å²) in [6.45, 7) is 4.58. The lowest BCUT2D eigenvalue weighted by Gasteiger charge is -2.27. The molecule has 4 rings (SSSR count). The van der Waals surface area contributed by atoms with Crippen molar-refractivity contribution in [2.24, 2.45) is 11.8 Å². The lowest BCUT2D eigenvalue weighted by atomic mass is 10.0. The van der Waals surface area contributed by atoms with Gasteiger partial charge in [0.15, 0.2) is 0 Å². The molecule has 0 aliphatic carbocycles. The van der Waals surface area contributed by atoms with Gasteiger partial charge in [-0.15, -0.1) is 0 Å². The molecule has 126 valence electrons. The van der Waals surface area contributed by atoms with Gasteiger partial charge in [-0.1, -0.05) is 36.4 Å². The normalized spacial score (nSPS) is 17.8. The first-order valence-corrected chi connectivity index (χ1v) is 8.49. The minimum absolute atomic E-state index is 0.503. The standard InChI is InChI=1S/C20H22O4/c1-3-7-19(23-13-15-9-21-10-15)17(5-1)18-6-2-4-8-20(18)24-14-16-11-22-12-16/h1-8,15-16H,9-14H2. The lowest BCUT2D eigenvalue weighted by molar-refractivity contribution is -0.0510. The minimum atomic E-state index is 0.503. The van der Waals surface area contributed by atoms with Crippen molar-refractivity contribution in [1.29, 1.82) is 0 Å². The van der Waals surface area contributed by atoms with E-state index in [0.29, 0.717) is 25.0 Å². The predicted octanol–water partition coefficient (Wildman–Crippen LogP) is 3.40. The maximum atomic E-state index is 6.05. The summed E-state index contributed by atoms with van der Waals surface area (Å²) in [4.78, 5) is 0. The van der Waals surface area contributed by atoms with E-state index in [4.69, 9.17) is 18.9 Å². The molecule has 2 aliphatic rings. The van der Waals surface area contributed by atoms with Crippen molar-refractivity contribution in [2.45, 2.75) is 0 Å². The summed E-state index contributed by atoms with van der Waals surface area (Å²) in [6.07, 6.45) is 0. The van der Waals surface area contributed by atoms with Crippen molar-refractivity contribution in [3.8, 4) is 22.6 Å². The largest absolute Gasteiger partial charge is 0.492 e. The van der Waals surface area contributed by atoms with Gasteiger partial charge < -0.3 is 18.9 Å². The smallest absolute Gasteiger partial charge is 0.127 e. The second kappa shape index (κ2) is 7.24. The maximum Gasteiger partial charge on any atom is 0.127 e. The molecule has 0 saturated carbocycles. The third-order valence-electron chi connectivity index (χ3n) is 4.43. The summed E-state index contributed by atoms with van der Waals surface area (Å²) >= 11 is 0. The first-order chi connectivity index (χ1) is 11.9. The quantitative estimate of drug-likeness (QED) is 0.781. The van der Waals surface area contributed by atoms with E-state index in [9.17, 15) is 0 Å². The van der Waals surface area contributed by atoms with Gasteiger partial charge in [-0.05, 0) is 12.1 Å². The molecule has 0 spiro atoms. The van der Waals surface area contributed by atoms with Crippen LogP contribution in [0.25, 0.3) is 11.1 Å². The SMILES string of the molecule is c1ccc(-c2ccccc2OCC2COC2)c(OCC2COC2)c1. The van der Waals surface area contributed by atoms with E-state index < -0.39 is 0 Å². The Labute approximate surface area is 142 Å². The van der Waals surface area contributed by atoms with Gasteiger partial charge in [-0.2, -0.15) is 0 Å². The lowest BCUT2D eigenvalue weighted by Crippen LogP contribution is -2.32. The van der Waals surface area contributed by atoms with Crippen molar-refractivity contribution in [1.82, 2.24) is 0 Å². The van der Waals surface area contributed by atoms with E-state index in [1.54, 1.807) is 0 Å². The van der Waals surface area contributed by atoms with Gasteiger partial charge in [-0.3, -0.25) is 0 Å². The van der Waals surface area contributed by atoms with E-state index in [1.165, 1.54) is 0 Å². The molecule has 0 atom stereocenters. The summed E-state index contributed by atoms with van der Waals surface area (Å²) in [5.41, 5.74) is 2.14. The Hall–Kier alpha value is -2.04. The van der Waals surface area contributed by atoms with Crippen LogP contribution in [-0.2, 0) is 9.47 Å². The molecule has 0 radical (unpaired) electrons. The number of hydrogen-bond donors (Lipinski definition) is 0. The van der Waals surface area contributed by atoms with Crippen molar-refractivity contribution < 1.29 is 18.9 Å². The van der Waals surface area contributed by atoms with Crippen LogP contribution in [0.4, 0.5) is 0 Å². The third-order valence-corrected chi connectivity index (χ3v) is 4.43. The summed E-state index contributed by atoms with van der Waals surface area (Å²) in [5, 5.41) is 0. The van der Waals surface area contributed by atoms with Crippen molar-refractivity contribution in [3.63, 3.8) is 0 Å². The number of hydrogen-bond acceptors (Lipinski definition) is 4. The van der Waals surface area contributed by atoms with Gasteiger partial charge in [-0.25, -0.2) is 0 Å². The predicted molar refractivity (Wildman–Crippen MR) is 91.5 cm³/mol. The molecule has 2 aliphatic heterocycles. The number of para-hydroxylation sites is 2. The fraction of sp³-hybridized carbons (Fsp3) is 0.400. The van der Waals surface area contributed by atoms with E-state index in [-0.39, 0.29) is 0 Å². The van der Waals surface area contributed by atoms with Crippen LogP contribution in [0.5, 0.6) is 11.5 Å². The van der Waals surface area contributed by atoms with Crippen molar-refractivity contribution in [3.05, 3.63) is 48.5 Å². The molecule has 0 aromatic heterocycles. The third kappa shape index (κ3) is 3.40. The van der Waals surface area contributed by atoms with Crippen molar-refractivity contribution in [2.75, 3.05) is 39.6 Å². The average Bonchev–Trinajstić information content (AvgIpc) is 2.53. The molecule has 2 aromatic rings. The monoisotopic (exact) mass is 326 g/mol. The van der Waals surface area contributed by atoms with Crippen LogP contribution in [0.15, 0.2) is 48.5 Å². The van der Waals surface area contributed by atoms with E-state index >= 15 is 0 Å². The number of rotatable bonds is 7. The van der Waals surface area contributed by atoms with Crippen LogP contribution in [0.2, 0.25) is 0 Å². The molecule has 2 heterocycles. The van der Waals surface area contributed by atoms with Gasteiger partial charge in [0.05, 0.1) is 39.6 Å². The zero-order chi connectivity index (χ0) is 16.2. The topological polar surface area (TPSA) is 36.9 Å². The van der Waals surface area contributed by atoms with Gasteiger partial charge >= 0.3 is 0 Å². The molecule has 0 N–H and O–H groups in total. The fourth-order valence-corrected chi connectivity index (χ4v) is 2.81. The molecule has 4 heteroatoms. The van der Waals surface area contributed by atoms with Gasteiger partial charge in [0.2, 0.25) is 0 Å². The van der Waals surface area contributed by atoms with Gasteiger partial charge in [0.25, 0.3) is 0 Å². The Morgan fingerprint density at radius 2 is 1.08 bits per heavy atom. The highest BCUT2D eigenvalue weighted by molar-refractivity contribution is 5.75. The van der Waals surface area contributed by atoms with E-state index in [2.05, 4.69) is 12.1 Å². The van der Waals surface area contributed by atoms with Crippen molar-refractivity contribution >= 4 is 0 Å². The van der Waals surface area contributed by atoms with Crippen LogP contribution in [0, 0.1) is 11.8 Å². The van der Waals surface area contributed by atoms with Gasteiger partial charge in [0, 0.05) is 23.0 Å². The maximum absolute atomic E-state index is 6.05. The van der Waals surface area contributed by atoms with Crippen LogP contribution < -0.4 is 9.47 Å². The van der Waals surface area contributed by atoms with E-state index in [1.807, 2.05) is 36.4 Å². The highest BCUT2D eigenvalue weighted by atomic mass is 16.5. The second-order valence-electron chi connectivity index (χ2n) is 6.42. The summed E-state index contributed by atoms with van der Waals surface area (Å²) in [6, 6.07) is 16.3. The minimum Gasteiger partial charge on any atom is -0.492 e. The van der Waals surface area contributed by atoms with Crippen LogP contribution >= 0.6 is 0 Å². The molecule has 2 fully saturated rings. The number of benzene rings is 2. The number of ether oxygens (including phenoxy) is 4. The summed E-state index contributed by atoms with van der Waals surface area (Å²) in [5.74, 6) is 2.80. The highest BCUT2D eigenvalue weighted by Gasteiger charge is 2.21. The molecule has 0 unspecified atom stereocenters. The van der Waals surface area contributed by atoms with E-state index in [0.717, 1.165) is 49.1 Å². The Kier molecular flexibility index (Phi) is 4.67. The van der Waals surface area contributed by atoms with Crippen LogP contribution in [0.3, 0.4) is 0 Å². The zero-order valence-corrected chi connectivity index (χ0v) is 13.6. The Balaban J connectivity index is 1.53. The highest BCUT2D eigenvalue weighted by Crippen LogP contribution is 2.36. The molecular weight excluding hydrogens is 304 g/mol. The van der Waals surface area contributed by atoms with Crippen LogP contribution in [-0.4, -0.2) is 39.6 Å². The summed E-state index contributed by atoms with van der Waals surface area (Å²) < 4.78 is 22.5. The van der Waals surface area contributed by atoms with Crippen LogP contribution in [0.1, 0.15) is 0 Å². The molecule has 24 heavy (non-hydrogen) atoms. The first-order valence-electron chi connectivity index (χ1n) is 8.49. The molecule has 0 bridgehead atoms. The fourth-order valence-electron chi connectivity index (χ4n) is 2.81. The second-order valence-corrected chi connectivity index (χ2v) is 6.42. The molecular formula is C20H22O4. The Bertz CT molecular complexity index is 617. The average molecular weight is 326 g/mol. The summed E-state index contributed by atoms with van der Waals surface area (Å²) in [7, 11) is 0. The first kappa shape index (κ1) is 15.5. The zero-order valence-electron chi connectivity index (χ0n) is 13.6. The molecule has 0 amide bonds. The van der Waals surface area contributed by atoms with Gasteiger partial charge in [0.1, 0.15) is 11.5 Å². The Morgan fingerprint density at radius 1 is 0.667 bits per heavy atom. The molecule has 4 nitrogen and oxygen atoms in total. The Morgan fingerprint density at radius 3 is 1.46 bits per heavy atom. The molecule has 2 aromatic carbocycles.